The van der Waals surface area contributed by atoms with Gasteiger partial charge in [0.1, 0.15) is 6.54 Å². The van der Waals surface area contributed by atoms with E-state index in [1.165, 1.54) is 18.3 Å². The van der Waals surface area contributed by atoms with Crippen molar-refractivity contribution in [3.8, 4) is 0 Å². The number of nitrogens with one attached hydrogen (secondary N) is 1. The largest absolute Gasteiger partial charge is 0.391 e. The molecule has 1 aliphatic heterocycles. The minimum atomic E-state index is -3.75. The molecular formula is C27H30BN5O6S. The lowest BCUT2D eigenvalue weighted by atomic mass is 9.84. The number of benzene rings is 1. The van der Waals surface area contributed by atoms with Crippen molar-refractivity contribution in [3.63, 3.8) is 0 Å². The average Bonchev–Trinajstić information content (AvgIpc) is 3.60. The number of fused-ring (bicyclic) bond motifs is 1. The third-order valence-corrected chi connectivity index (χ3v) is 9.24. The topological polar surface area (TPSA) is 165 Å². The summed E-state index contributed by atoms with van der Waals surface area (Å²) >= 11 is 0. The van der Waals surface area contributed by atoms with Crippen molar-refractivity contribution in [2.24, 2.45) is 5.73 Å². The summed E-state index contributed by atoms with van der Waals surface area (Å²) in [7, 11) is 2.42. The molecule has 5 rings (SSSR count). The molecule has 3 amide bonds. The lowest BCUT2D eigenvalue weighted by Gasteiger charge is -2.29. The zero-order chi connectivity index (χ0) is 28.8. The van der Waals surface area contributed by atoms with E-state index >= 15 is 0 Å². The zero-order valence-electron chi connectivity index (χ0n) is 22.0. The highest BCUT2D eigenvalue weighted by molar-refractivity contribution is 7.91. The molecule has 4 N–H and O–H groups in total. The lowest BCUT2D eigenvalue weighted by Crippen LogP contribution is -2.45. The molecule has 208 valence electrons. The van der Waals surface area contributed by atoms with Gasteiger partial charge in [0.15, 0.2) is 0 Å². The molecular weight excluding hydrogens is 533 g/mol. The maximum atomic E-state index is 13.5. The van der Waals surface area contributed by atoms with Crippen LogP contribution in [0.1, 0.15) is 51.4 Å². The number of nitrogens with zero attached hydrogens (tertiary/aromatic N) is 3. The Kier molecular flexibility index (Phi) is 7.45. The Labute approximate surface area is 233 Å². The van der Waals surface area contributed by atoms with Crippen LogP contribution in [0.2, 0.25) is 5.82 Å². The number of nitrogens with two attached hydrogens (primary N) is 1. The summed E-state index contributed by atoms with van der Waals surface area (Å²) in [5, 5.41) is 10.8. The lowest BCUT2D eigenvalue weighted by molar-refractivity contribution is -0.134. The summed E-state index contributed by atoms with van der Waals surface area (Å²) in [6, 6.07) is 9.40. The third-order valence-electron chi connectivity index (χ3n) is 7.42. The van der Waals surface area contributed by atoms with E-state index in [-0.39, 0.29) is 42.4 Å². The van der Waals surface area contributed by atoms with Crippen LogP contribution >= 0.6 is 0 Å². The van der Waals surface area contributed by atoms with Gasteiger partial charge >= 0.3 is 0 Å². The van der Waals surface area contributed by atoms with Gasteiger partial charge in [0.2, 0.25) is 15.9 Å². The van der Waals surface area contributed by atoms with Gasteiger partial charge in [0, 0.05) is 47.0 Å². The molecule has 2 unspecified atom stereocenters. The molecule has 11 nitrogen and oxygen atoms in total. The highest BCUT2D eigenvalue weighted by Gasteiger charge is 2.38. The van der Waals surface area contributed by atoms with E-state index < -0.39 is 39.2 Å². The standard InChI is InChI=1S/C27H30BN5O6S/c1-15-3-2-4-18(30-15)11-24(34)23-10-17(28)12-33(23)25(35)14-32-13-21(26(29)36)20-9-16(5-8-22(20)32)27(37)31-40(38,39)19-6-7-19/h2-5,8-9,13,17,19,23-24,34H,6-7,10-12,14H2,1H3,(H2,29,36)(H,31,37)/t17-,23?,24?/m1/s1. The molecule has 1 saturated heterocycles. The van der Waals surface area contributed by atoms with E-state index in [2.05, 4.69) is 9.71 Å². The summed E-state index contributed by atoms with van der Waals surface area (Å²) in [5.41, 5.74) is 7.73. The van der Waals surface area contributed by atoms with Crippen LogP contribution in [-0.4, -0.2) is 77.5 Å². The Morgan fingerprint density at radius 3 is 2.65 bits per heavy atom. The second-order valence-corrected chi connectivity index (χ2v) is 12.6. The van der Waals surface area contributed by atoms with Gasteiger partial charge in [-0.1, -0.05) is 11.9 Å². The van der Waals surface area contributed by atoms with E-state index in [4.69, 9.17) is 13.6 Å². The molecule has 2 radical (unpaired) electrons. The normalized spacial score (nSPS) is 20.0. The molecule has 40 heavy (non-hydrogen) atoms. The quantitative estimate of drug-likeness (QED) is 0.325. The number of amides is 3. The van der Waals surface area contributed by atoms with Crippen LogP contribution in [0.4, 0.5) is 0 Å². The fraction of sp³-hybridized carbons (Fsp3) is 0.407. The summed E-state index contributed by atoms with van der Waals surface area (Å²) in [6.45, 7) is 1.97. The summed E-state index contributed by atoms with van der Waals surface area (Å²) in [6.07, 6.45) is 2.27. The molecule has 2 fully saturated rings. The first kappa shape index (κ1) is 27.8. The number of rotatable bonds is 9. The highest BCUT2D eigenvalue weighted by Crippen LogP contribution is 2.31. The van der Waals surface area contributed by atoms with Crippen molar-refractivity contribution in [1.29, 1.82) is 0 Å². The number of hydrogen-bond donors (Lipinski definition) is 3. The minimum Gasteiger partial charge on any atom is -0.391 e. The van der Waals surface area contributed by atoms with Crippen molar-refractivity contribution < 1.29 is 27.9 Å². The van der Waals surface area contributed by atoms with Crippen molar-refractivity contribution in [1.82, 2.24) is 19.2 Å². The van der Waals surface area contributed by atoms with Crippen molar-refractivity contribution in [3.05, 3.63) is 65.1 Å². The Morgan fingerprint density at radius 1 is 1.23 bits per heavy atom. The summed E-state index contributed by atoms with van der Waals surface area (Å²) in [5.74, 6) is -2.18. The second-order valence-electron chi connectivity index (χ2n) is 10.6. The van der Waals surface area contributed by atoms with Gasteiger partial charge in [-0.3, -0.25) is 19.4 Å². The number of aromatic nitrogens is 2. The van der Waals surface area contributed by atoms with Crippen LogP contribution < -0.4 is 10.5 Å². The Balaban J connectivity index is 1.37. The molecule has 0 bridgehead atoms. The molecule has 13 heteroatoms. The zero-order valence-corrected chi connectivity index (χ0v) is 22.8. The Hall–Kier alpha value is -3.71. The molecule has 1 saturated carbocycles. The number of sulfonamides is 1. The van der Waals surface area contributed by atoms with Crippen LogP contribution in [-0.2, 0) is 27.8 Å². The number of aliphatic hydroxyl groups excluding tert-OH is 1. The van der Waals surface area contributed by atoms with Gasteiger partial charge in [0.05, 0.1) is 30.8 Å². The summed E-state index contributed by atoms with van der Waals surface area (Å²) in [4.78, 5) is 44.3. The molecule has 1 aliphatic carbocycles. The molecule has 2 aromatic heterocycles. The predicted octanol–water partition coefficient (Wildman–Crippen LogP) is 0.827. The van der Waals surface area contributed by atoms with Crippen LogP contribution in [0, 0.1) is 6.92 Å². The van der Waals surface area contributed by atoms with Gasteiger partial charge < -0.3 is 20.3 Å². The van der Waals surface area contributed by atoms with Crippen LogP contribution in [0.25, 0.3) is 10.9 Å². The van der Waals surface area contributed by atoms with Crippen molar-refractivity contribution >= 4 is 46.5 Å². The second kappa shape index (κ2) is 10.7. The van der Waals surface area contributed by atoms with Gasteiger partial charge in [-0.25, -0.2) is 13.1 Å². The number of carbonyl (C=O) groups excluding carboxylic acids is 3. The van der Waals surface area contributed by atoms with Gasteiger partial charge in [-0.05, 0) is 56.5 Å². The van der Waals surface area contributed by atoms with E-state index in [1.54, 1.807) is 15.5 Å². The average molecular weight is 563 g/mol. The maximum absolute atomic E-state index is 13.5. The van der Waals surface area contributed by atoms with Crippen molar-refractivity contribution in [2.45, 2.75) is 62.4 Å². The number of likely N-dealkylation sites (tertiary alicyclic amines) is 1. The van der Waals surface area contributed by atoms with E-state index in [1.807, 2.05) is 25.1 Å². The number of aryl methyl sites for hydroxylation is 1. The van der Waals surface area contributed by atoms with Crippen LogP contribution in [0.3, 0.4) is 0 Å². The highest BCUT2D eigenvalue weighted by atomic mass is 32.2. The first-order valence-electron chi connectivity index (χ1n) is 13.1. The van der Waals surface area contributed by atoms with Gasteiger partial charge in [0.25, 0.3) is 11.8 Å². The van der Waals surface area contributed by atoms with E-state index in [9.17, 15) is 27.9 Å². The van der Waals surface area contributed by atoms with Crippen LogP contribution in [0.5, 0.6) is 0 Å². The molecule has 3 heterocycles. The monoisotopic (exact) mass is 563 g/mol. The van der Waals surface area contributed by atoms with E-state index in [0.29, 0.717) is 35.9 Å². The minimum absolute atomic E-state index is 0.0433. The molecule has 0 spiro atoms. The smallest absolute Gasteiger partial charge is 0.264 e. The Bertz CT molecular complexity index is 1600. The predicted molar refractivity (Wildman–Crippen MR) is 148 cm³/mol. The maximum Gasteiger partial charge on any atom is 0.264 e. The van der Waals surface area contributed by atoms with E-state index in [0.717, 1.165) is 5.69 Å². The molecule has 3 atom stereocenters. The number of aliphatic hydroxyl groups is 1. The van der Waals surface area contributed by atoms with Crippen LogP contribution in [0.15, 0.2) is 42.6 Å². The fourth-order valence-corrected chi connectivity index (χ4v) is 6.57. The fourth-order valence-electron chi connectivity index (χ4n) is 5.27. The molecule has 2 aliphatic rings. The third kappa shape index (κ3) is 5.75. The number of hydrogen-bond acceptors (Lipinski definition) is 7. The number of primary amides is 1. The molecule has 1 aromatic carbocycles. The number of carbonyl (C=O) groups is 3. The number of pyridine rings is 1. The van der Waals surface area contributed by atoms with Gasteiger partial charge in [-0.15, -0.1) is 0 Å². The molecule has 3 aromatic rings. The first-order chi connectivity index (χ1) is 18.9. The van der Waals surface area contributed by atoms with Gasteiger partial charge in [-0.2, -0.15) is 0 Å². The van der Waals surface area contributed by atoms with Crippen molar-refractivity contribution in [2.75, 3.05) is 6.54 Å². The first-order valence-corrected chi connectivity index (χ1v) is 14.6. The SMILES string of the molecule is [B][C@@H]1CC(C(O)Cc2cccc(C)n2)N(C(=O)Cn2cc(C(N)=O)c3cc(C(=O)NS(=O)(=O)C4CC4)ccc32)C1. The Morgan fingerprint density at radius 2 is 1.98 bits per heavy atom. The summed E-state index contributed by atoms with van der Waals surface area (Å²) < 4.78 is 28.0.